The summed E-state index contributed by atoms with van der Waals surface area (Å²) in [4.78, 5) is 12.1. The smallest absolute Gasteiger partial charge is 0.251 e. The molecule has 0 bridgehead atoms. The van der Waals surface area contributed by atoms with Crippen molar-refractivity contribution in [1.82, 2.24) is 20.1 Å². The summed E-state index contributed by atoms with van der Waals surface area (Å²) in [5.74, 6) is 0.612. The van der Waals surface area contributed by atoms with Crippen LogP contribution in [-0.2, 0) is 13.6 Å². The molecule has 2 N–H and O–H groups in total. The van der Waals surface area contributed by atoms with Gasteiger partial charge in [0.15, 0.2) is 5.82 Å². The Morgan fingerprint density at radius 3 is 2.79 bits per heavy atom. The van der Waals surface area contributed by atoms with Crippen LogP contribution in [0.25, 0.3) is 0 Å². The normalized spacial score (nSPS) is 10.3. The van der Waals surface area contributed by atoms with Crippen molar-refractivity contribution < 1.29 is 4.79 Å². The zero-order valence-electron chi connectivity index (χ0n) is 11.3. The van der Waals surface area contributed by atoms with E-state index in [4.69, 9.17) is 0 Å². The van der Waals surface area contributed by atoms with E-state index >= 15 is 0 Å². The van der Waals surface area contributed by atoms with Gasteiger partial charge in [0.1, 0.15) is 6.33 Å². The van der Waals surface area contributed by atoms with Crippen molar-refractivity contribution >= 4 is 11.6 Å². The van der Waals surface area contributed by atoms with Crippen LogP contribution in [0.2, 0.25) is 0 Å². The third-order valence-electron chi connectivity index (χ3n) is 2.97. The fraction of sp³-hybridized carbons (Fsp3) is 0.308. The largest absolute Gasteiger partial charge is 0.388 e. The second-order valence-corrected chi connectivity index (χ2v) is 4.32. The molecule has 1 heterocycles. The number of amides is 1. The molecule has 1 aromatic carbocycles. The average molecular weight is 259 g/mol. The van der Waals surface area contributed by atoms with Crippen LogP contribution in [0, 0.1) is 6.92 Å². The number of benzene rings is 1. The summed E-state index contributed by atoms with van der Waals surface area (Å²) in [6, 6.07) is 5.63. The monoisotopic (exact) mass is 259 g/mol. The standard InChI is InChI=1S/C13H17N5O/c1-9-6-10(14-2)4-5-11(9)13(19)15-7-12-17-16-8-18(12)3/h4-6,8,14H,7H2,1-3H3,(H,15,19). The summed E-state index contributed by atoms with van der Waals surface area (Å²) in [7, 11) is 3.69. The lowest BCUT2D eigenvalue weighted by molar-refractivity contribution is 0.0949. The van der Waals surface area contributed by atoms with E-state index in [9.17, 15) is 4.79 Å². The number of nitrogens with one attached hydrogen (secondary N) is 2. The highest BCUT2D eigenvalue weighted by atomic mass is 16.1. The van der Waals surface area contributed by atoms with Crippen LogP contribution in [0.5, 0.6) is 0 Å². The number of aryl methyl sites for hydroxylation is 2. The number of carbonyl (C=O) groups is 1. The van der Waals surface area contributed by atoms with Gasteiger partial charge in [-0.25, -0.2) is 0 Å². The molecule has 0 radical (unpaired) electrons. The molecule has 0 atom stereocenters. The predicted octanol–water partition coefficient (Wildman–Crippen LogP) is 1.10. The quantitative estimate of drug-likeness (QED) is 0.862. The van der Waals surface area contributed by atoms with Crippen LogP contribution in [0.15, 0.2) is 24.5 Å². The summed E-state index contributed by atoms with van der Waals surface area (Å²) in [5, 5.41) is 13.6. The Morgan fingerprint density at radius 2 is 2.21 bits per heavy atom. The van der Waals surface area contributed by atoms with Gasteiger partial charge in [0.05, 0.1) is 6.54 Å². The van der Waals surface area contributed by atoms with Gasteiger partial charge >= 0.3 is 0 Å². The lowest BCUT2D eigenvalue weighted by Crippen LogP contribution is -2.25. The van der Waals surface area contributed by atoms with Gasteiger partial charge in [-0.15, -0.1) is 10.2 Å². The van der Waals surface area contributed by atoms with Crippen molar-refractivity contribution in [3.05, 3.63) is 41.5 Å². The molecular formula is C13H17N5O. The summed E-state index contributed by atoms with van der Waals surface area (Å²) in [6.45, 7) is 2.28. The van der Waals surface area contributed by atoms with E-state index in [-0.39, 0.29) is 5.91 Å². The van der Waals surface area contributed by atoms with E-state index in [2.05, 4.69) is 20.8 Å². The van der Waals surface area contributed by atoms with Crippen LogP contribution in [-0.4, -0.2) is 27.7 Å². The van der Waals surface area contributed by atoms with Crippen molar-refractivity contribution in [3.63, 3.8) is 0 Å². The maximum atomic E-state index is 12.1. The SMILES string of the molecule is CNc1ccc(C(=O)NCc2nncn2C)c(C)c1. The van der Waals surface area contributed by atoms with Crippen molar-refractivity contribution in [2.75, 3.05) is 12.4 Å². The van der Waals surface area contributed by atoms with Crippen LogP contribution in [0.4, 0.5) is 5.69 Å². The molecule has 0 spiro atoms. The summed E-state index contributed by atoms with van der Waals surface area (Å²) >= 11 is 0. The minimum atomic E-state index is -0.108. The number of rotatable bonds is 4. The fourth-order valence-electron chi connectivity index (χ4n) is 1.80. The van der Waals surface area contributed by atoms with Gasteiger partial charge in [-0.05, 0) is 30.7 Å². The van der Waals surface area contributed by atoms with E-state index < -0.39 is 0 Å². The highest BCUT2D eigenvalue weighted by molar-refractivity contribution is 5.95. The maximum absolute atomic E-state index is 12.1. The topological polar surface area (TPSA) is 71.8 Å². The molecule has 6 nitrogen and oxygen atoms in total. The van der Waals surface area contributed by atoms with E-state index in [0.29, 0.717) is 12.1 Å². The maximum Gasteiger partial charge on any atom is 0.251 e. The van der Waals surface area contributed by atoms with Crippen LogP contribution >= 0.6 is 0 Å². The Hall–Kier alpha value is -2.37. The Labute approximate surface area is 111 Å². The molecule has 0 aliphatic rings. The van der Waals surface area contributed by atoms with Crippen LogP contribution in [0.1, 0.15) is 21.7 Å². The van der Waals surface area contributed by atoms with Gasteiger partial charge in [0, 0.05) is 25.3 Å². The van der Waals surface area contributed by atoms with Crippen LogP contribution < -0.4 is 10.6 Å². The molecule has 6 heteroatoms. The first kappa shape index (κ1) is 13.1. The van der Waals surface area contributed by atoms with Gasteiger partial charge in [-0.1, -0.05) is 0 Å². The Morgan fingerprint density at radius 1 is 1.42 bits per heavy atom. The zero-order valence-corrected chi connectivity index (χ0v) is 11.3. The molecule has 0 aliphatic carbocycles. The second-order valence-electron chi connectivity index (χ2n) is 4.32. The molecule has 0 saturated heterocycles. The van der Waals surface area contributed by atoms with Crippen molar-refractivity contribution in [2.45, 2.75) is 13.5 Å². The fourth-order valence-corrected chi connectivity index (χ4v) is 1.80. The summed E-state index contributed by atoms with van der Waals surface area (Å²) in [6.07, 6.45) is 1.61. The van der Waals surface area contributed by atoms with E-state index in [0.717, 1.165) is 17.1 Å². The Balaban J connectivity index is 2.06. The van der Waals surface area contributed by atoms with Crippen molar-refractivity contribution in [2.24, 2.45) is 7.05 Å². The lowest BCUT2D eigenvalue weighted by Gasteiger charge is -2.09. The first-order valence-corrected chi connectivity index (χ1v) is 6.01. The number of hydrogen-bond donors (Lipinski definition) is 2. The van der Waals surface area contributed by atoms with E-state index in [1.807, 2.05) is 39.2 Å². The molecule has 2 rings (SSSR count). The lowest BCUT2D eigenvalue weighted by atomic mass is 10.1. The number of aromatic nitrogens is 3. The molecular weight excluding hydrogens is 242 g/mol. The van der Waals surface area contributed by atoms with E-state index in [1.54, 1.807) is 10.9 Å². The number of carbonyl (C=O) groups excluding carboxylic acids is 1. The number of hydrogen-bond acceptors (Lipinski definition) is 4. The first-order chi connectivity index (χ1) is 9.11. The Kier molecular flexibility index (Phi) is 3.79. The molecule has 1 aromatic heterocycles. The molecule has 19 heavy (non-hydrogen) atoms. The third-order valence-corrected chi connectivity index (χ3v) is 2.97. The molecule has 1 amide bonds. The van der Waals surface area contributed by atoms with Gasteiger partial charge in [0.25, 0.3) is 5.91 Å². The molecule has 0 unspecified atom stereocenters. The third kappa shape index (κ3) is 2.90. The number of nitrogens with zero attached hydrogens (tertiary/aromatic N) is 3. The van der Waals surface area contributed by atoms with Crippen molar-refractivity contribution in [3.8, 4) is 0 Å². The van der Waals surface area contributed by atoms with Gasteiger partial charge < -0.3 is 15.2 Å². The van der Waals surface area contributed by atoms with Gasteiger partial charge in [-0.2, -0.15) is 0 Å². The zero-order chi connectivity index (χ0) is 13.8. The first-order valence-electron chi connectivity index (χ1n) is 6.01. The highest BCUT2D eigenvalue weighted by Crippen LogP contribution is 2.14. The second kappa shape index (κ2) is 5.51. The van der Waals surface area contributed by atoms with E-state index in [1.165, 1.54) is 0 Å². The van der Waals surface area contributed by atoms with Gasteiger partial charge in [0.2, 0.25) is 0 Å². The number of anilines is 1. The van der Waals surface area contributed by atoms with Crippen LogP contribution in [0.3, 0.4) is 0 Å². The Bertz CT molecular complexity index is 590. The molecule has 100 valence electrons. The van der Waals surface area contributed by atoms with Gasteiger partial charge in [-0.3, -0.25) is 4.79 Å². The summed E-state index contributed by atoms with van der Waals surface area (Å²) in [5.41, 5.74) is 2.59. The molecule has 0 aliphatic heterocycles. The highest BCUT2D eigenvalue weighted by Gasteiger charge is 2.10. The molecule has 0 fully saturated rings. The summed E-state index contributed by atoms with van der Waals surface area (Å²) < 4.78 is 1.78. The average Bonchev–Trinajstić information content (AvgIpc) is 2.81. The molecule has 0 saturated carbocycles. The van der Waals surface area contributed by atoms with Crippen molar-refractivity contribution in [1.29, 1.82) is 0 Å². The minimum Gasteiger partial charge on any atom is -0.388 e. The minimum absolute atomic E-state index is 0.108. The molecule has 2 aromatic rings. The predicted molar refractivity (Wildman–Crippen MR) is 72.9 cm³/mol.